The second-order valence-electron chi connectivity index (χ2n) is 6.82. The third-order valence-corrected chi connectivity index (χ3v) is 3.42. The van der Waals surface area contributed by atoms with E-state index in [2.05, 4.69) is 44.8 Å². The molecule has 0 radical (unpaired) electrons. The Bertz CT molecular complexity index is 300. The maximum absolute atomic E-state index is 9.64. The first-order valence-electron chi connectivity index (χ1n) is 7.55. The summed E-state index contributed by atoms with van der Waals surface area (Å²) in [4.78, 5) is 6.94. The lowest BCUT2D eigenvalue weighted by atomic mass is 9.84. The van der Waals surface area contributed by atoms with Crippen molar-refractivity contribution in [3.05, 3.63) is 0 Å². The molecule has 1 rings (SSSR count). The molecule has 0 bridgehead atoms. The summed E-state index contributed by atoms with van der Waals surface area (Å²) < 4.78 is 0. The zero-order valence-electron chi connectivity index (χ0n) is 13.2. The topological polar surface area (TPSA) is 47.9 Å². The molecule has 4 nitrogen and oxygen atoms in total. The summed E-state index contributed by atoms with van der Waals surface area (Å²) in [6, 6.07) is 0. The number of aliphatic hydroxyl groups excluding tert-OH is 1. The molecular formula is C15H31N3O. The smallest absolute Gasteiger partial charge is 0.194 e. The van der Waals surface area contributed by atoms with E-state index < -0.39 is 0 Å². The second kappa shape index (κ2) is 7.13. The van der Waals surface area contributed by atoms with Gasteiger partial charge in [-0.1, -0.05) is 27.7 Å². The first-order chi connectivity index (χ1) is 8.84. The fraction of sp³-hybridized carbons (Fsp3) is 0.933. The Balaban J connectivity index is 2.62. The summed E-state index contributed by atoms with van der Waals surface area (Å²) in [7, 11) is 0. The van der Waals surface area contributed by atoms with Crippen LogP contribution in [0.15, 0.2) is 4.99 Å². The van der Waals surface area contributed by atoms with Crippen molar-refractivity contribution in [3.8, 4) is 0 Å². The van der Waals surface area contributed by atoms with Gasteiger partial charge in [-0.15, -0.1) is 0 Å². The van der Waals surface area contributed by atoms with E-state index >= 15 is 0 Å². The summed E-state index contributed by atoms with van der Waals surface area (Å²) in [6.45, 7) is 14.5. The number of likely N-dealkylation sites (tertiary alicyclic amines) is 1. The van der Waals surface area contributed by atoms with Crippen LogP contribution in [0.4, 0.5) is 0 Å². The largest absolute Gasteiger partial charge is 0.391 e. The average Bonchev–Trinajstić information content (AvgIpc) is 2.69. The van der Waals surface area contributed by atoms with Crippen LogP contribution >= 0.6 is 0 Å². The average molecular weight is 269 g/mol. The third kappa shape index (κ3) is 5.81. The van der Waals surface area contributed by atoms with E-state index in [0.717, 1.165) is 32.0 Å². The van der Waals surface area contributed by atoms with Crippen molar-refractivity contribution in [2.75, 3.05) is 26.2 Å². The highest BCUT2D eigenvalue weighted by Gasteiger charge is 2.24. The number of hydrogen-bond acceptors (Lipinski definition) is 2. The van der Waals surface area contributed by atoms with Gasteiger partial charge in [0.2, 0.25) is 0 Å². The van der Waals surface area contributed by atoms with E-state index in [-0.39, 0.29) is 11.5 Å². The quantitative estimate of drug-likeness (QED) is 0.593. The van der Waals surface area contributed by atoms with Gasteiger partial charge < -0.3 is 15.3 Å². The lowest BCUT2D eigenvalue weighted by molar-refractivity contribution is 0.187. The molecule has 0 saturated carbocycles. The summed E-state index contributed by atoms with van der Waals surface area (Å²) in [5.74, 6) is 1.65. The van der Waals surface area contributed by atoms with Gasteiger partial charge in [0, 0.05) is 26.2 Å². The SMILES string of the molecule is CCNC(=NCC(C)(C)CC(C)C)N1CC[C@@H](O)C1. The van der Waals surface area contributed by atoms with E-state index in [1.165, 1.54) is 6.42 Å². The Labute approximate surface area is 118 Å². The van der Waals surface area contributed by atoms with E-state index in [1.54, 1.807) is 0 Å². The number of aliphatic imine (C=N–C) groups is 1. The van der Waals surface area contributed by atoms with E-state index in [9.17, 15) is 5.11 Å². The number of β-amino-alcohol motifs (C(OH)–C–C–N with tert-alkyl or cyclic N) is 1. The molecule has 4 heteroatoms. The lowest BCUT2D eigenvalue weighted by Crippen LogP contribution is -2.41. The Hall–Kier alpha value is -0.770. The molecule has 1 heterocycles. The van der Waals surface area contributed by atoms with Crippen molar-refractivity contribution < 1.29 is 5.11 Å². The summed E-state index contributed by atoms with van der Waals surface area (Å²) in [6.07, 6.45) is 1.82. The van der Waals surface area contributed by atoms with Crippen LogP contribution in [0, 0.1) is 11.3 Å². The van der Waals surface area contributed by atoms with Crippen molar-refractivity contribution in [1.29, 1.82) is 0 Å². The highest BCUT2D eigenvalue weighted by atomic mass is 16.3. The molecule has 0 aliphatic carbocycles. The van der Waals surface area contributed by atoms with Crippen molar-refractivity contribution in [2.24, 2.45) is 16.3 Å². The first kappa shape index (κ1) is 16.3. The predicted octanol–water partition coefficient (Wildman–Crippen LogP) is 2.09. The normalized spacial score (nSPS) is 21.3. The van der Waals surface area contributed by atoms with E-state index in [4.69, 9.17) is 4.99 Å². The lowest BCUT2D eigenvalue weighted by Gasteiger charge is -2.27. The van der Waals surface area contributed by atoms with Crippen LogP contribution < -0.4 is 5.32 Å². The van der Waals surface area contributed by atoms with Gasteiger partial charge in [0.25, 0.3) is 0 Å². The van der Waals surface area contributed by atoms with Gasteiger partial charge in [-0.2, -0.15) is 0 Å². The van der Waals surface area contributed by atoms with Crippen LogP contribution in [0.25, 0.3) is 0 Å². The zero-order chi connectivity index (χ0) is 14.5. The zero-order valence-corrected chi connectivity index (χ0v) is 13.2. The van der Waals surface area contributed by atoms with Crippen molar-refractivity contribution in [1.82, 2.24) is 10.2 Å². The minimum absolute atomic E-state index is 0.201. The van der Waals surface area contributed by atoms with Crippen LogP contribution in [0.3, 0.4) is 0 Å². The van der Waals surface area contributed by atoms with Crippen LogP contribution in [-0.4, -0.2) is 48.2 Å². The highest BCUT2D eigenvalue weighted by Crippen LogP contribution is 2.25. The molecule has 1 atom stereocenters. The number of aliphatic hydroxyl groups is 1. The predicted molar refractivity (Wildman–Crippen MR) is 81.4 cm³/mol. The monoisotopic (exact) mass is 269 g/mol. The van der Waals surface area contributed by atoms with Crippen molar-refractivity contribution in [2.45, 2.75) is 53.6 Å². The van der Waals surface area contributed by atoms with Gasteiger partial charge in [0.05, 0.1) is 6.10 Å². The molecule has 0 spiro atoms. The third-order valence-electron chi connectivity index (χ3n) is 3.42. The molecule has 0 aromatic heterocycles. The van der Waals surface area contributed by atoms with Crippen LogP contribution in [-0.2, 0) is 0 Å². The Morgan fingerprint density at radius 2 is 2.16 bits per heavy atom. The molecule has 112 valence electrons. The molecule has 1 aliphatic heterocycles. The minimum atomic E-state index is -0.201. The maximum atomic E-state index is 9.64. The van der Waals surface area contributed by atoms with E-state index in [0.29, 0.717) is 12.5 Å². The highest BCUT2D eigenvalue weighted by molar-refractivity contribution is 5.80. The molecule has 0 aromatic carbocycles. The standard InChI is InChI=1S/C15H31N3O/c1-6-16-14(18-8-7-13(19)10-18)17-11-15(4,5)9-12(2)3/h12-13,19H,6-11H2,1-5H3,(H,16,17)/t13-/m1/s1. The molecule has 0 unspecified atom stereocenters. The van der Waals surface area contributed by atoms with Crippen molar-refractivity contribution in [3.63, 3.8) is 0 Å². The summed E-state index contributed by atoms with van der Waals surface area (Å²) in [5.41, 5.74) is 0.229. The Kier molecular flexibility index (Phi) is 6.11. The molecule has 1 aliphatic rings. The van der Waals surface area contributed by atoms with E-state index in [1.807, 2.05) is 0 Å². The Morgan fingerprint density at radius 1 is 1.47 bits per heavy atom. The number of hydrogen-bond donors (Lipinski definition) is 2. The molecular weight excluding hydrogens is 238 g/mol. The van der Waals surface area contributed by atoms with Crippen molar-refractivity contribution >= 4 is 5.96 Å². The number of rotatable bonds is 5. The maximum Gasteiger partial charge on any atom is 0.194 e. The summed E-state index contributed by atoms with van der Waals surface area (Å²) in [5, 5.41) is 13.0. The van der Waals surface area contributed by atoms with Gasteiger partial charge in [-0.05, 0) is 31.1 Å². The van der Waals surface area contributed by atoms with Gasteiger partial charge in [-0.25, -0.2) is 0 Å². The van der Waals surface area contributed by atoms with Crippen LogP contribution in [0.2, 0.25) is 0 Å². The molecule has 0 amide bonds. The fourth-order valence-corrected chi connectivity index (χ4v) is 2.82. The van der Waals surface area contributed by atoms with Gasteiger partial charge in [0.15, 0.2) is 5.96 Å². The fourth-order valence-electron chi connectivity index (χ4n) is 2.82. The molecule has 2 N–H and O–H groups in total. The number of nitrogens with zero attached hydrogens (tertiary/aromatic N) is 2. The first-order valence-corrected chi connectivity index (χ1v) is 7.55. The Morgan fingerprint density at radius 3 is 2.63 bits per heavy atom. The second-order valence-corrected chi connectivity index (χ2v) is 6.82. The summed E-state index contributed by atoms with van der Waals surface area (Å²) >= 11 is 0. The van der Waals surface area contributed by atoms with Gasteiger partial charge >= 0.3 is 0 Å². The molecule has 0 aromatic rings. The van der Waals surface area contributed by atoms with Gasteiger partial charge in [0.1, 0.15) is 0 Å². The van der Waals surface area contributed by atoms with Crippen LogP contribution in [0.5, 0.6) is 0 Å². The van der Waals surface area contributed by atoms with Gasteiger partial charge in [-0.3, -0.25) is 4.99 Å². The minimum Gasteiger partial charge on any atom is -0.391 e. The number of guanidine groups is 1. The molecule has 1 fully saturated rings. The number of nitrogens with one attached hydrogen (secondary N) is 1. The molecule has 19 heavy (non-hydrogen) atoms. The van der Waals surface area contributed by atoms with Crippen LogP contribution in [0.1, 0.15) is 47.5 Å². The molecule has 1 saturated heterocycles.